The average Bonchev–Trinajstić information content (AvgIpc) is 3.25. The Hall–Kier alpha value is -4.14. The molecule has 2 aromatic carbocycles. The van der Waals surface area contributed by atoms with Crippen molar-refractivity contribution in [3.05, 3.63) is 70.8 Å². The number of esters is 1. The van der Waals surface area contributed by atoms with E-state index in [1.807, 2.05) is 49.4 Å². The Balaban J connectivity index is 1.48. The van der Waals surface area contributed by atoms with Crippen LogP contribution < -0.4 is 16.8 Å². The number of ether oxygens (including phenoxy) is 1. The first-order chi connectivity index (χ1) is 17.8. The maximum atomic E-state index is 12.5. The molecular formula is C28H33N5O4. The number of nitrogens with zero attached hydrogens (tertiary/aromatic N) is 2. The van der Waals surface area contributed by atoms with Gasteiger partial charge in [-0.15, -0.1) is 0 Å². The van der Waals surface area contributed by atoms with Crippen LogP contribution in [0, 0.1) is 12.8 Å². The Bertz CT molecular complexity index is 1290. The van der Waals surface area contributed by atoms with Gasteiger partial charge in [-0.05, 0) is 56.7 Å². The van der Waals surface area contributed by atoms with E-state index in [4.69, 9.17) is 16.2 Å². The maximum Gasteiger partial charge on any atom is 0.308 e. The Morgan fingerprint density at radius 3 is 2.35 bits per heavy atom. The van der Waals surface area contributed by atoms with Crippen molar-refractivity contribution in [1.82, 2.24) is 15.1 Å². The van der Waals surface area contributed by atoms with Crippen LogP contribution >= 0.6 is 0 Å². The van der Waals surface area contributed by atoms with E-state index in [2.05, 4.69) is 10.4 Å². The summed E-state index contributed by atoms with van der Waals surface area (Å²) < 4.78 is 6.83. The summed E-state index contributed by atoms with van der Waals surface area (Å²) in [4.78, 5) is 36.9. The molecule has 0 bridgehead atoms. The Labute approximate surface area is 216 Å². The van der Waals surface area contributed by atoms with E-state index in [-0.39, 0.29) is 35.2 Å². The number of amides is 2. The summed E-state index contributed by atoms with van der Waals surface area (Å²) in [6.07, 6.45) is 2.75. The van der Waals surface area contributed by atoms with Gasteiger partial charge in [0.25, 0.3) is 11.8 Å². The number of hydrogen-bond donors (Lipinski definition) is 3. The molecule has 0 atom stereocenters. The fraction of sp³-hybridized carbons (Fsp3) is 0.357. The van der Waals surface area contributed by atoms with Gasteiger partial charge in [-0.3, -0.25) is 14.4 Å². The number of nitrogens with one attached hydrogen (secondary N) is 1. The Morgan fingerprint density at radius 2 is 1.73 bits per heavy atom. The zero-order valence-electron chi connectivity index (χ0n) is 21.2. The average molecular weight is 504 g/mol. The Kier molecular flexibility index (Phi) is 7.91. The van der Waals surface area contributed by atoms with E-state index < -0.39 is 5.91 Å². The summed E-state index contributed by atoms with van der Waals surface area (Å²) in [6.45, 7) is 4.43. The molecule has 194 valence electrons. The minimum atomic E-state index is -0.645. The molecule has 0 aliphatic heterocycles. The lowest BCUT2D eigenvalue weighted by atomic mass is 9.86. The number of aromatic nitrogens is 2. The van der Waals surface area contributed by atoms with Crippen molar-refractivity contribution in [2.75, 3.05) is 12.3 Å². The number of aryl methyl sites for hydroxylation is 1. The number of nitrogens with two attached hydrogens (primary N) is 2. The van der Waals surface area contributed by atoms with Gasteiger partial charge in [0.15, 0.2) is 0 Å². The predicted molar refractivity (Wildman–Crippen MR) is 141 cm³/mol. The van der Waals surface area contributed by atoms with Crippen molar-refractivity contribution in [2.45, 2.75) is 52.1 Å². The van der Waals surface area contributed by atoms with Gasteiger partial charge in [-0.25, -0.2) is 4.68 Å². The monoisotopic (exact) mass is 503 g/mol. The number of primary amides is 1. The van der Waals surface area contributed by atoms with Crippen molar-refractivity contribution in [3.63, 3.8) is 0 Å². The van der Waals surface area contributed by atoms with Gasteiger partial charge in [0, 0.05) is 17.7 Å². The maximum absolute atomic E-state index is 12.5. The summed E-state index contributed by atoms with van der Waals surface area (Å²) in [5.41, 5.74) is 15.8. The fourth-order valence-corrected chi connectivity index (χ4v) is 4.87. The quantitative estimate of drug-likeness (QED) is 0.400. The van der Waals surface area contributed by atoms with E-state index in [1.54, 1.807) is 17.7 Å². The van der Waals surface area contributed by atoms with Crippen LogP contribution in [0.25, 0.3) is 11.3 Å². The molecule has 1 heterocycles. The molecule has 1 saturated carbocycles. The third-order valence-corrected chi connectivity index (χ3v) is 6.93. The predicted octanol–water partition coefficient (Wildman–Crippen LogP) is 3.76. The molecule has 9 nitrogen and oxygen atoms in total. The van der Waals surface area contributed by atoms with Crippen molar-refractivity contribution in [2.24, 2.45) is 11.7 Å². The zero-order chi connectivity index (χ0) is 26.5. The lowest BCUT2D eigenvalue weighted by Crippen LogP contribution is -2.26. The summed E-state index contributed by atoms with van der Waals surface area (Å²) in [7, 11) is 0. The summed E-state index contributed by atoms with van der Waals surface area (Å²) in [5.74, 6) is -0.836. The highest BCUT2D eigenvalue weighted by Crippen LogP contribution is 2.37. The molecule has 5 N–H and O–H groups in total. The minimum Gasteiger partial charge on any atom is -0.466 e. The molecule has 0 saturated heterocycles. The van der Waals surface area contributed by atoms with Gasteiger partial charge in [0.1, 0.15) is 17.1 Å². The van der Waals surface area contributed by atoms with Crippen LogP contribution in [-0.2, 0) is 16.1 Å². The largest absolute Gasteiger partial charge is 0.466 e. The van der Waals surface area contributed by atoms with Gasteiger partial charge in [0.05, 0.1) is 18.6 Å². The lowest BCUT2D eigenvalue weighted by molar-refractivity contribution is -0.149. The molecule has 1 aromatic heterocycles. The SMILES string of the molecule is CCOC(=O)C1CCC(n2nc(-c3ccc(CNC(=O)c4ccccc4C)cc3)c(C(N)=O)c2N)CC1. The molecule has 3 aromatic rings. The first kappa shape index (κ1) is 25.9. The smallest absolute Gasteiger partial charge is 0.308 e. The second-order valence-corrected chi connectivity index (χ2v) is 9.37. The van der Waals surface area contributed by atoms with Gasteiger partial charge >= 0.3 is 5.97 Å². The second kappa shape index (κ2) is 11.3. The normalized spacial score (nSPS) is 17.2. The molecule has 37 heavy (non-hydrogen) atoms. The fourth-order valence-electron chi connectivity index (χ4n) is 4.87. The summed E-state index contributed by atoms with van der Waals surface area (Å²) in [6, 6.07) is 14.8. The number of rotatable bonds is 8. The third-order valence-electron chi connectivity index (χ3n) is 6.93. The number of carbonyl (C=O) groups is 3. The molecule has 1 aliphatic carbocycles. The van der Waals surface area contributed by atoms with Crippen LogP contribution in [0.15, 0.2) is 48.5 Å². The van der Waals surface area contributed by atoms with Gasteiger partial charge in [0.2, 0.25) is 0 Å². The summed E-state index contributed by atoms with van der Waals surface area (Å²) in [5, 5.41) is 7.62. The molecule has 9 heteroatoms. The third kappa shape index (κ3) is 5.66. The molecule has 0 spiro atoms. The molecule has 1 fully saturated rings. The highest BCUT2D eigenvalue weighted by Gasteiger charge is 2.31. The van der Waals surface area contributed by atoms with Gasteiger partial charge in [-0.2, -0.15) is 5.10 Å². The second-order valence-electron chi connectivity index (χ2n) is 9.37. The van der Waals surface area contributed by atoms with Crippen molar-refractivity contribution < 1.29 is 19.1 Å². The van der Waals surface area contributed by atoms with Gasteiger partial charge < -0.3 is 21.5 Å². The topological polar surface area (TPSA) is 142 Å². The van der Waals surface area contributed by atoms with E-state index >= 15 is 0 Å². The first-order valence-corrected chi connectivity index (χ1v) is 12.6. The number of hydrogen-bond acceptors (Lipinski definition) is 6. The van der Waals surface area contributed by atoms with Crippen molar-refractivity contribution >= 4 is 23.6 Å². The number of carbonyl (C=O) groups excluding carboxylic acids is 3. The van der Waals surface area contributed by atoms with E-state index in [0.717, 1.165) is 11.1 Å². The van der Waals surface area contributed by atoms with E-state index in [9.17, 15) is 14.4 Å². The van der Waals surface area contributed by atoms with Crippen LogP contribution in [-0.4, -0.2) is 34.2 Å². The van der Waals surface area contributed by atoms with Crippen molar-refractivity contribution in [3.8, 4) is 11.3 Å². The van der Waals surface area contributed by atoms with Crippen LogP contribution in [0.2, 0.25) is 0 Å². The minimum absolute atomic E-state index is 0.0338. The number of nitrogen functional groups attached to an aromatic ring is 1. The molecule has 1 aliphatic rings. The van der Waals surface area contributed by atoms with Crippen LogP contribution in [0.4, 0.5) is 5.82 Å². The number of benzene rings is 2. The molecule has 0 radical (unpaired) electrons. The van der Waals surface area contributed by atoms with Crippen LogP contribution in [0.3, 0.4) is 0 Å². The molecule has 2 amide bonds. The standard InChI is InChI=1S/C28H33N5O4/c1-3-37-28(36)20-12-14-21(15-13-20)33-25(29)23(26(30)34)24(32-33)19-10-8-18(9-11-19)16-31-27(35)22-7-5-4-6-17(22)2/h4-11,20-21H,3,12-16,29H2,1-2H3,(H2,30,34)(H,31,35). The highest BCUT2D eigenvalue weighted by molar-refractivity contribution is 6.03. The molecule has 4 rings (SSSR count). The van der Waals surface area contributed by atoms with Gasteiger partial charge in [-0.1, -0.05) is 42.5 Å². The molecule has 0 unspecified atom stereocenters. The number of anilines is 1. The van der Waals surface area contributed by atoms with Crippen LogP contribution in [0.5, 0.6) is 0 Å². The summed E-state index contributed by atoms with van der Waals surface area (Å²) >= 11 is 0. The Morgan fingerprint density at radius 1 is 1.05 bits per heavy atom. The lowest BCUT2D eigenvalue weighted by Gasteiger charge is -2.28. The van der Waals surface area contributed by atoms with Crippen LogP contribution in [0.1, 0.15) is 70.5 Å². The zero-order valence-corrected chi connectivity index (χ0v) is 21.2. The first-order valence-electron chi connectivity index (χ1n) is 12.6. The van der Waals surface area contributed by atoms with Crippen molar-refractivity contribution in [1.29, 1.82) is 0 Å². The van der Waals surface area contributed by atoms with E-state index in [0.29, 0.717) is 55.7 Å². The molecular weight excluding hydrogens is 470 g/mol. The highest BCUT2D eigenvalue weighted by atomic mass is 16.5. The van der Waals surface area contributed by atoms with E-state index in [1.165, 1.54) is 0 Å².